The van der Waals surface area contributed by atoms with Gasteiger partial charge >= 0.3 is 0 Å². The third-order valence-corrected chi connectivity index (χ3v) is 4.97. The first-order valence-electron chi connectivity index (χ1n) is 8.26. The second kappa shape index (κ2) is 5.00. The maximum atomic E-state index is 6.13. The molecule has 2 heteroatoms. The fourth-order valence-electron chi connectivity index (χ4n) is 3.81. The van der Waals surface area contributed by atoms with Crippen molar-refractivity contribution in [2.75, 3.05) is 0 Å². The molecule has 1 N–H and O–H groups in total. The zero-order valence-corrected chi connectivity index (χ0v) is 13.4. The van der Waals surface area contributed by atoms with Crippen LogP contribution in [0.2, 0.25) is 0 Å². The monoisotopic (exact) mass is 311 g/mol. The minimum Gasteiger partial charge on any atom is -0.457 e. The Morgan fingerprint density at radius 1 is 0.750 bits per heavy atom. The molecule has 0 amide bonds. The predicted octanol–water partition coefficient (Wildman–Crippen LogP) is 5.76. The van der Waals surface area contributed by atoms with E-state index < -0.39 is 0 Å². The molecule has 0 saturated heterocycles. The highest BCUT2D eigenvalue weighted by Crippen LogP contribution is 2.48. The van der Waals surface area contributed by atoms with Crippen molar-refractivity contribution in [1.82, 2.24) is 4.98 Å². The van der Waals surface area contributed by atoms with Crippen LogP contribution in [0.15, 0.2) is 72.8 Å². The number of benzene rings is 3. The average Bonchev–Trinajstić information content (AvgIpc) is 2.96. The van der Waals surface area contributed by atoms with E-state index in [4.69, 9.17) is 4.74 Å². The van der Waals surface area contributed by atoms with Crippen LogP contribution in [-0.2, 0) is 0 Å². The normalized spacial score (nSPS) is 13.4. The molecule has 0 atom stereocenters. The summed E-state index contributed by atoms with van der Waals surface area (Å²) >= 11 is 0. The molecule has 4 aromatic rings. The summed E-state index contributed by atoms with van der Waals surface area (Å²) < 4.78 is 6.13. The van der Waals surface area contributed by atoms with E-state index in [9.17, 15) is 0 Å². The van der Waals surface area contributed by atoms with Crippen LogP contribution in [-0.4, -0.2) is 4.98 Å². The third-order valence-electron chi connectivity index (χ3n) is 4.97. The number of rotatable bonds is 1. The quantitative estimate of drug-likeness (QED) is 0.418. The van der Waals surface area contributed by atoms with Gasteiger partial charge in [0.15, 0.2) is 0 Å². The van der Waals surface area contributed by atoms with Crippen LogP contribution < -0.4 is 4.74 Å². The highest BCUT2D eigenvalue weighted by atomic mass is 16.5. The molecule has 1 aliphatic heterocycles. The number of aromatic amines is 1. The standard InChI is InChI=1S/C22H17NO/c1-14-15-8-2-5-11-18(15)23-22(14)21-16-9-3-6-12-19(16)24-20-13-7-4-10-17(20)21/h2-13,21,23H,1H3. The lowest BCUT2D eigenvalue weighted by molar-refractivity contribution is 0.452. The molecule has 3 aromatic carbocycles. The molecular weight excluding hydrogens is 294 g/mol. The van der Waals surface area contributed by atoms with Crippen molar-refractivity contribution >= 4 is 10.9 Å². The fourth-order valence-corrected chi connectivity index (χ4v) is 3.81. The van der Waals surface area contributed by atoms with E-state index in [0.29, 0.717) is 0 Å². The smallest absolute Gasteiger partial charge is 0.131 e. The Kier molecular flexibility index (Phi) is 2.80. The highest BCUT2D eigenvalue weighted by molar-refractivity contribution is 5.85. The van der Waals surface area contributed by atoms with E-state index >= 15 is 0 Å². The van der Waals surface area contributed by atoms with Crippen LogP contribution in [0.25, 0.3) is 10.9 Å². The number of H-pyrrole nitrogens is 1. The number of hydrogen-bond acceptors (Lipinski definition) is 1. The second-order valence-corrected chi connectivity index (χ2v) is 6.32. The highest BCUT2D eigenvalue weighted by Gasteiger charge is 2.30. The van der Waals surface area contributed by atoms with Gasteiger partial charge in [-0.2, -0.15) is 0 Å². The summed E-state index contributed by atoms with van der Waals surface area (Å²) in [6.07, 6.45) is 0. The lowest BCUT2D eigenvalue weighted by atomic mass is 9.84. The summed E-state index contributed by atoms with van der Waals surface area (Å²) in [6.45, 7) is 2.20. The third kappa shape index (κ3) is 1.83. The van der Waals surface area contributed by atoms with Crippen LogP contribution in [0.5, 0.6) is 11.5 Å². The molecule has 0 fully saturated rings. The van der Waals surface area contributed by atoms with E-state index in [1.165, 1.54) is 33.3 Å². The van der Waals surface area contributed by atoms with Crippen molar-refractivity contribution in [2.24, 2.45) is 0 Å². The van der Waals surface area contributed by atoms with Crippen LogP contribution in [0.3, 0.4) is 0 Å². The van der Waals surface area contributed by atoms with Gasteiger partial charge in [0.25, 0.3) is 0 Å². The van der Waals surface area contributed by atoms with Gasteiger partial charge in [0.2, 0.25) is 0 Å². The maximum absolute atomic E-state index is 6.13. The number of ether oxygens (including phenoxy) is 1. The molecule has 0 spiro atoms. The molecule has 24 heavy (non-hydrogen) atoms. The lowest BCUT2D eigenvalue weighted by Crippen LogP contribution is -2.12. The second-order valence-electron chi connectivity index (χ2n) is 6.32. The first-order chi connectivity index (χ1) is 11.8. The molecule has 2 heterocycles. The molecule has 5 rings (SSSR count). The van der Waals surface area contributed by atoms with Crippen molar-refractivity contribution in [3.05, 3.63) is 95.2 Å². The van der Waals surface area contributed by atoms with E-state index in [-0.39, 0.29) is 5.92 Å². The Balaban J connectivity index is 1.82. The van der Waals surface area contributed by atoms with Crippen LogP contribution in [0, 0.1) is 6.92 Å². The molecule has 1 aliphatic rings. The zero-order valence-electron chi connectivity index (χ0n) is 13.4. The zero-order chi connectivity index (χ0) is 16.1. The molecule has 0 unspecified atom stereocenters. The summed E-state index contributed by atoms with van der Waals surface area (Å²) in [7, 11) is 0. The topological polar surface area (TPSA) is 25.0 Å². The molecular formula is C22H17NO. The van der Waals surface area contributed by atoms with E-state index in [1.807, 2.05) is 12.1 Å². The summed E-state index contributed by atoms with van der Waals surface area (Å²) in [5.74, 6) is 2.05. The Morgan fingerprint density at radius 2 is 1.33 bits per heavy atom. The van der Waals surface area contributed by atoms with Crippen molar-refractivity contribution in [2.45, 2.75) is 12.8 Å². The van der Waals surface area contributed by atoms with Crippen LogP contribution >= 0.6 is 0 Å². The number of nitrogens with one attached hydrogen (secondary N) is 1. The van der Waals surface area contributed by atoms with Gasteiger partial charge in [-0.25, -0.2) is 0 Å². The number of para-hydroxylation sites is 3. The molecule has 2 nitrogen and oxygen atoms in total. The Hall–Kier alpha value is -3.00. The lowest BCUT2D eigenvalue weighted by Gasteiger charge is -2.28. The first-order valence-corrected chi connectivity index (χ1v) is 8.26. The number of hydrogen-bond donors (Lipinski definition) is 1. The molecule has 1 aromatic heterocycles. The number of aromatic nitrogens is 1. The van der Waals surface area contributed by atoms with E-state index in [1.54, 1.807) is 0 Å². The Morgan fingerprint density at radius 3 is 2.00 bits per heavy atom. The van der Waals surface area contributed by atoms with Crippen molar-refractivity contribution in [3.63, 3.8) is 0 Å². The van der Waals surface area contributed by atoms with Gasteiger partial charge in [-0.3, -0.25) is 0 Å². The Labute approximate surface area is 140 Å². The van der Waals surface area contributed by atoms with Crippen molar-refractivity contribution in [1.29, 1.82) is 0 Å². The molecule has 0 aliphatic carbocycles. The van der Waals surface area contributed by atoms with Gasteiger partial charge in [-0.15, -0.1) is 0 Å². The largest absolute Gasteiger partial charge is 0.457 e. The van der Waals surface area contributed by atoms with E-state index in [2.05, 4.69) is 72.6 Å². The van der Waals surface area contributed by atoms with E-state index in [0.717, 1.165) is 11.5 Å². The SMILES string of the molecule is Cc1c(C2c3ccccc3Oc3ccccc32)[nH]c2ccccc12. The molecule has 116 valence electrons. The van der Waals surface area contributed by atoms with Gasteiger partial charge in [-0.1, -0.05) is 54.6 Å². The first kappa shape index (κ1) is 13.4. The summed E-state index contributed by atoms with van der Waals surface area (Å²) in [6, 6.07) is 25.2. The van der Waals surface area contributed by atoms with Gasteiger partial charge in [0, 0.05) is 27.7 Å². The number of fused-ring (bicyclic) bond motifs is 3. The number of aryl methyl sites for hydroxylation is 1. The summed E-state index contributed by atoms with van der Waals surface area (Å²) in [5.41, 5.74) is 6.17. The van der Waals surface area contributed by atoms with Crippen molar-refractivity contribution < 1.29 is 4.74 Å². The summed E-state index contributed by atoms with van der Waals surface area (Å²) in [4.78, 5) is 3.66. The minimum absolute atomic E-state index is 0.165. The van der Waals surface area contributed by atoms with Crippen LogP contribution in [0.4, 0.5) is 0 Å². The average molecular weight is 311 g/mol. The predicted molar refractivity (Wildman–Crippen MR) is 96.9 cm³/mol. The van der Waals surface area contributed by atoms with Gasteiger partial charge in [0.05, 0.1) is 5.92 Å². The van der Waals surface area contributed by atoms with Crippen LogP contribution in [0.1, 0.15) is 28.3 Å². The summed E-state index contributed by atoms with van der Waals surface area (Å²) in [5, 5.41) is 1.29. The molecule has 0 saturated carbocycles. The van der Waals surface area contributed by atoms with Crippen molar-refractivity contribution in [3.8, 4) is 11.5 Å². The maximum Gasteiger partial charge on any atom is 0.131 e. The minimum atomic E-state index is 0.165. The molecule has 0 radical (unpaired) electrons. The van der Waals surface area contributed by atoms with Gasteiger partial charge in [0.1, 0.15) is 11.5 Å². The Bertz CT molecular complexity index is 1010. The fraction of sp³-hybridized carbons (Fsp3) is 0.0909. The van der Waals surface area contributed by atoms with Gasteiger partial charge < -0.3 is 9.72 Å². The molecule has 0 bridgehead atoms. The van der Waals surface area contributed by atoms with Gasteiger partial charge in [-0.05, 0) is 30.7 Å².